The lowest BCUT2D eigenvalue weighted by molar-refractivity contribution is -0.387. The van der Waals surface area contributed by atoms with Crippen molar-refractivity contribution in [2.24, 2.45) is 7.05 Å². The molecule has 0 atom stereocenters. The summed E-state index contributed by atoms with van der Waals surface area (Å²) in [5, 5.41) is 14.4. The molecule has 0 N–H and O–H groups in total. The average Bonchev–Trinajstić information content (AvgIpc) is 2.73. The van der Waals surface area contributed by atoms with E-state index in [2.05, 4.69) is 5.10 Å². The van der Waals surface area contributed by atoms with Crippen LogP contribution in [0.5, 0.6) is 5.75 Å². The lowest BCUT2D eigenvalue weighted by atomic mass is 10.2. The van der Waals surface area contributed by atoms with E-state index in [0.717, 1.165) is 6.07 Å². The minimum Gasteiger partial charge on any atom is -0.485 e. The molecule has 18 heavy (non-hydrogen) atoms. The number of benzene rings is 1. The fraction of sp³-hybridized carbons (Fsp3) is 0.182. The number of hydrogen-bond acceptors (Lipinski definition) is 4. The molecule has 2 aromatic rings. The largest absolute Gasteiger partial charge is 0.485 e. The Hall–Kier alpha value is -2.44. The second kappa shape index (κ2) is 4.82. The van der Waals surface area contributed by atoms with Crippen molar-refractivity contribution in [1.29, 1.82) is 0 Å². The van der Waals surface area contributed by atoms with Gasteiger partial charge in [-0.3, -0.25) is 14.8 Å². The van der Waals surface area contributed by atoms with Gasteiger partial charge < -0.3 is 4.74 Å². The van der Waals surface area contributed by atoms with Crippen molar-refractivity contribution in [1.82, 2.24) is 9.78 Å². The lowest BCUT2D eigenvalue weighted by Gasteiger charge is -2.04. The van der Waals surface area contributed by atoms with Gasteiger partial charge in [0.1, 0.15) is 6.61 Å². The number of hydrogen-bond donors (Lipinski definition) is 0. The number of aryl methyl sites for hydroxylation is 1. The van der Waals surface area contributed by atoms with E-state index in [-0.39, 0.29) is 12.2 Å². The predicted molar refractivity (Wildman–Crippen MR) is 60.6 cm³/mol. The van der Waals surface area contributed by atoms with Crippen LogP contribution in [-0.2, 0) is 13.7 Å². The maximum Gasteiger partial charge on any atom is 0.305 e. The summed E-state index contributed by atoms with van der Waals surface area (Å²) in [7, 11) is 1.72. The Morgan fingerprint density at radius 1 is 1.56 bits per heavy atom. The first-order valence-corrected chi connectivity index (χ1v) is 5.11. The molecular weight excluding hydrogens is 241 g/mol. The van der Waals surface area contributed by atoms with Crippen LogP contribution in [0.15, 0.2) is 30.6 Å². The molecule has 0 bridgehead atoms. The maximum atomic E-state index is 13.7. The Morgan fingerprint density at radius 2 is 2.33 bits per heavy atom. The number of rotatable bonds is 4. The fourth-order valence-electron chi connectivity index (χ4n) is 1.45. The summed E-state index contributed by atoms with van der Waals surface area (Å²) in [4.78, 5) is 9.80. The van der Waals surface area contributed by atoms with Crippen molar-refractivity contribution in [2.45, 2.75) is 6.61 Å². The highest BCUT2D eigenvalue weighted by Crippen LogP contribution is 2.21. The van der Waals surface area contributed by atoms with E-state index in [1.807, 2.05) is 0 Å². The van der Waals surface area contributed by atoms with Crippen LogP contribution >= 0.6 is 0 Å². The molecule has 0 unspecified atom stereocenters. The van der Waals surface area contributed by atoms with Gasteiger partial charge in [-0.05, 0) is 0 Å². The van der Waals surface area contributed by atoms with E-state index in [0.29, 0.717) is 5.75 Å². The van der Waals surface area contributed by atoms with Crippen molar-refractivity contribution in [3.05, 3.63) is 52.1 Å². The monoisotopic (exact) mass is 251 g/mol. The number of ether oxygens (including phenoxy) is 1. The molecule has 7 heteroatoms. The van der Waals surface area contributed by atoms with E-state index < -0.39 is 16.4 Å². The van der Waals surface area contributed by atoms with Gasteiger partial charge in [0, 0.05) is 18.7 Å². The highest BCUT2D eigenvalue weighted by atomic mass is 19.1. The molecular formula is C11H10FN3O3. The van der Waals surface area contributed by atoms with Crippen LogP contribution in [-0.4, -0.2) is 14.7 Å². The van der Waals surface area contributed by atoms with Crippen molar-refractivity contribution >= 4 is 5.69 Å². The number of nitrogens with zero attached hydrogens (tertiary/aromatic N) is 3. The highest BCUT2D eigenvalue weighted by Gasteiger charge is 2.17. The van der Waals surface area contributed by atoms with Crippen LogP contribution in [0.3, 0.4) is 0 Å². The minimum atomic E-state index is -0.869. The lowest BCUT2D eigenvalue weighted by Crippen LogP contribution is -2.01. The minimum absolute atomic E-state index is 0.0841. The molecule has 0 amide bonds. The Bertz CT molecular complexity index is 583. The SMILES string of the molecule is Cn1cc(OCc2cccc([N+](=O)[O-])c2F)cn1. The van der Waals surface area contributed by atoms with Crippen LogP contribution in [0, 0.1) is 15.9 Å². The van der Waals surface area contributed by atoms with Crippen molar-refractivity contribution in [3.8, 4) is 5.75 Å². The summed E-state index contributed by atoms with van der Waals surface area (Å²) < 4.78 is 20.5. The van der Waals surface area contributed by atoms with Gasteiger partial charge in [0.2, 0.25) is 5.82 Å². The number of halogens is 1. The van der Waals surface area contributed by atoms with Crippen LogP contribution in [0.4, 0.5) is 10.1 Å². The number of nitro groups is 1. The molecule has 94 valence electrons. The molecule has 0 spiro atoms. The fourth-order valence-corrected chi connectivity index (χ4v) is 1.45. The molecule has 0 saturated carbocycles. The number of nitro benzene ring substituents is 1. The van der Waals surface area contributed by atoms with Crippen molar-refractivity contribution in [2.75, 3.05) is 0 Å². The van der Waals surface area contributed by atoms with E-state index in [1.54, 1.807) is 17.9 Å². The van der Waals surface area contributed by atoms with Gasteiger partial charge in [0.05, 0.1) is 17.3 Å². The molecule has 0 aliphatic heterocycles. The summed E-state index contributed by atoms with van der Waals surface area (Å²) in [6.07, 6.45) is 3.10. The average molecular weight is 251 g/mol. The van der Waals surface area contributed by atoms with Crippen LogP contribution < -0.4 is 4.74 Å². The summed E-state index contributed by atoms with van der Waals surface area (Å²) in [5.74, 6) is -0.394. The molecule has 1 aromatic heterocycles. The first kappa shape index (κ1) is 12.0. The van der Waals surface area contributed by atoms with Gasteiger partial charge in [0.25, 0.3) is 0 Å². The molecule has 0 saturated heterocycles. The molecule has 1 heterocycles. The Kier molecular flexibility index (Phi) is 3.22. The van der Waals surface area contributed by atoms with Gasteiger partial charge in [-0.1, -0.05) is 12.1 Å². The zero-order chi connectivity index (χ0) is 13.1. The van der Waals surface area contributed by atoms with Gasteiger partial charge in [-0.25, -0.2) is 0 Å². The highest BCUT2D eigenvalue weighted by molar-refractivity contribution is 5.36. The predicted octanol–water partition coefficient (Wildman–Crippen LogP) is 2.05. The normalized spacial score (nSPS) is 10.3. The van der Waals surface area contributed by atoms with Gasteiger partial charge >= 0.3 is 5.69 Å². The summed E-state index contributed by atoms with van der Waals surface area (Å²) in [5.41, 5.74) is -0.421. The van der Waals surface area contributed by atoms with E-state index in [4.69, 9.17) is 4.74 Å². The molecule has 0 fully saturated rings. The van der Waals surface area contributed by atoms with E-state index >= 15 is 0 Å². The zero-order valence-electron chi connectivity index (χ0n) is 9.54. The molecule has 6 nitrogen and oxygen atoms in total. The topological polar surface area (TPSA) is 70.2 Å². The van der Waals surface area contributed by atoms with Crippen LogP contribution in [0.2, 0.25) is 0 Å². The van der Waals surface area contributed by atoms with Gasteiger partial charge in [-0.2, -0.15) is 9.49 Å². The second-order valence-corrected chi connectivity index (χ2v) is 3.65. The van der Waals surface area contributed by atoms with Crippen molar-refractivity contribution < 1.29 is 14.1 Å². The zero-order valence-corrected chi connectivity index (χ0v) is 9.54. The van der Waals surface area contributed by atoms with E-state index in [1.165, 1.54) is 18.3 Å². The van der Waals surface area contributed by atoms with Gasteiger partial charge in [-0.15, -0.1) is 0 Å². The van der Waals surface area contributed by atoms with Gasteiger partial charge in [0.15, 0.2) is 5.75 Å². The van der Waals surface area contributed by atoms with Crippen LogP contribution in [0.1, 0.15) is 5.56 Å². The molecule has 1 aromatic carbocycles. The summed E-state index contributed by atoms with van der Waals surface area (Å²) in [6, 6.07) is 3.98. The smallest absolute Gasteiger partial charge is 0.305 e. The molecule has 0 aliphatic carbocycles. The number of aromatic nitrogens is 2. The molecule has 0 aliphatic rings. The third kappa shape index (κ3) is 2.45. The van der Waals surface area contributed by atoms with Crippen molar-refractivity contribution in [3.63, 3.8) is 0 Å². The Morgan fingerprint density at radius 3 is 2.94 bits per heavy atom. The third-order valence-corrected chi connectivity index (χ3v) is 2.33. The van der Waals surface area contributed by atoms with Crippen LogP contribution in [0.25, 0.3) is 0 Å². The second-order valence-electron chi connectivity index (χ2n) is 3.65. The summed E-state index contributed by atoms with van der Waals surface area (Å²) in [6.45, 7) is -0.0841. The summed E-state index contributed by atoms with van der Waals surface area (Å²) >= 11 is 0. The quantitative estimate of drug-likeness (QED) is 0.616. The third-order valence-electron chi connectivity index (χ3n) is 2.33. The Balaban J connectivity index is 2.14. The standard InChI is InChI=1S/C11H10FN3O3/c1-14-6-9(5-13-14)18-7-8-3-2-4-10(11(8)12)15(16)17/h2-6H,7H2,1H3. The Labute approximate surface area is 102 Å². The first-order chi connectivity index (χ1) is 8.58. The molecule has 2 rings (SSSR count). The van der Waals surface area contributed by atoms with E-state index in [9.17, 15) is 14.5 Å². The molecule has 0 radical (unpaired) electrons. The first-order valence-electron chi connectivity index (χ1n) is 5.11. The maximum absolute atomic E-state index is 13.7.